The predicted octanol–water partition coefficient (Wildman–Crippen LogP) is 1.34. The van der Waals surface area contributed by atoms with E-state index >= 15 is 0 Å². The van der Waals surface area contributed by atoms with Gasteiger partial charge in [-0.15, -0.1) is 0 Å². The minimum absolute atomic E-state index is 0.249. The van der Waals surface area contributed by atoms with Gasteiger partial charge in [0.15, 0.2) is 0 Å². The first-order valence-corrected chi connectivity index (χ1v) is 8.20. The molecule has 0 aromatic heterocycles. The standard InChI is InChI=1S/C13H24N2OS/c1-8-16-13(2-9-17-10-3-13)11-12(1)15-6-4-14-5-7-15/h12,14H,1-11H2. The quantitative estimate of drug-likeness (QED) is 0.765. The molecular weight excluding hydrogens is 232 g/mol. The molecule has 0 aliphatic carbocycles. The normalized spacial score (nSPS) is 34.9. The van der Waals surface area contributed by atoms with Crippen molar-refractivity contribution in [3.05, 3.63) is 0 Å². The molecule has 0 aromatic carbocycles. The van der Waals surface area contributed by atoms with Gasteiger partial charge in [-0.3, -0.25) is 4.90 Å². The average molecular weight is 256 g/mol. The molecule has 0 aromatic rings. The van der Waals surface area contributed by atoms with Crippen LogP contribution in [-0.2, 0) is 4.74 Å². The van der Waals surface area contributed by atoms with Gasteiger partial charge in [0.2, 0.25) is 0 Å². The van der Waals surface area contributed by atoms with E-state index in [0.29, 0.717) is 0 Å². The van der Waals surface area contributed by atoms with Crippen molar-refractivity contribution in [3.63, 3.8) is 0 Å². The van der Waals surface area contributed by atoms with Crippen molar-refractivity contribution in [3.8, 4) is 0 Å². The summed E-state index contributed by atoms with van der Waals surface area (Å²) < 4.78 is 6.17. The van der Waals surface area contributed by atoms with Gasteiger partial charge in [-0.05, 0) is 37.2 Å². The topological polar surface area (TPSA) is 24.5 Å². The van der Waals surface area contributed by atoms with Crippen LogP contribution in [0.3, 0.4) is 0 Å². The molecule has 3 aliphatic rings. The third-order valence-corrected chi connectivity index (χ3v) is 5.52. The van der Waals surface area contributed by atoms with E-state index in [4.69, 9.17) is 4.74 Å². The van der Waals surface area contributed by atoms with E-state index in [1.807, 2.05) is 0 Å². The van der Waals surface area contributed by atoms with Crippen molar-refractivity contribution in [1.82, 2.24) is 10.2 Å². The fourth-order valence-corrected chi connectivity index (χ4v) is 4.69. The van der Waals surface area contributed by atoms with Gasteiger partial charge in [-0.2, -0.15) is 11.8 Å². The lowest BCUT2D eigenvalue weighted by Crippen LogP contribution is -2.54. The third-order valence-electron chi connectivity index (χ3n) is 4.54. The zero-order chi connectivity index (χ0) is 11.6. The summed E-state index contributed by atoms with van der Waals surface area (Å²) in [6.07, 6.45) is 5.09. The van der Waals surface area contributed by atoms with Crippen molar-refractivity contribution < 1.29 is 4.74 Å². The van der Waals surface area contributed by atoms with Crippen molar-refractivity contribution in [1.29, 1.82) is 0 Å². The molecule has 3 aliphatic heterocycles. The predicted molar refractivity (Wildman–Crippen MR) is 72.7 cm³/mol. The summed E-state index contributed by atoms with van der Waals surface area (Å²) >= 11 is 2.10. The SMILES string of the molecule is C1CN(C2CCOC3(CCSCC3)C2)CCN1. The number of ether oxygens (including phenoxy) is 1. The number of hydrogen-bond acceptors (Lipinski definition) is 4. The highest BCUT2D eigenvalue weighted by atomic mass is 32.2. The summed E-state index contributed by atoms with van der Waals surface area (Å²) in [5, 5.41) is 3.45. The van der Waals surface area contributed by atoms with Gasteiger partial charge in [-0.1, -0.05) is 0 Å². The molecule has 1 N–H and O–H groups in total. The van der Waals surface area contributed by atoms with Gasteiger partial charge in [0.25, 0.3) is 0 Å². The minimum Gasteiger partial charge on any atom is -0.375 e. The van der Waals surface area contributed by atoms with Crippen LogP contribution in [0.15, 0.2) is 0 Å². The number of thioether (sulfide) groups is 1. The van der Waals surface area contributed by atoms with Crippen LogP contribution < -0.4 is 5.32 Å². The molecule has 0 amide bonds. The highest BCUT2D eigenvalue weighted by molar-refractivity contribution is 7.99. The second-order valence-electron chi connectivity index (χ2n) is 5.58. The second-order valence-corrected chi connectivity index (χ2v) is 6.80. The Balaban J connectivity index is 1.61. The van der Waals surface area contributed by atoms with Gasteiger partial charge in [-0.25, -0.2) is 0 Å². The van der Waals surface area contributed by atoms with Crippen LogP contribution in [0.5, 0.6) is 0 Å². The molecule has 0 radical (unpaired) electrons. The van der Waals surface area contributed by atoms with Crippen molar-refractivity contribution in [2.24, 2.45) is 0 Å². The Hall–Kier alpha value is 0.230. The monoisotopic (exact) mass is 256 g/mol. The van der Waals surface area contributed by atoms with E-state index in [1.54, 1.807) is 0 Å². The Morgan fingerprint density at radius 1 is 1.18 bits per heavy atom. The fourth-order valence-electron chi connectivity index (χ4n) is 3.45. The molecule has 1 unspecified atom stereocenters. The van der Waals surface area contributed by atoms with E-state index in [1.165, 1.54) is 63.4 Å². The van der Waals surface area contributed by atoms with Crippen molar-refractivity contribution in [2.75, 3.05) is 44.3 Å². The minimum atomic E-state index is 0.249. The summed E-state index contributed by atoms with van der Waals surface area (Å²) in [4.78, 5) is 2.70. The molecule has 3 rings (SSSR count). The summed E-state index contributed by atoms with van der Waals surface area (Å²) in [5.74, 6) is 2.60. The average Bonchev–Trinajstić information content (AvgIpc) is 2.41. The number of rotatable bonds is 1. The molecule has 1 spiro atoms. The zero-order valence-electron chi connectivity index (χ0n) is 10.6. The van der Waals surface area contributed by atoms with Gasteiger partial charge in [0, 0.05) is 38.8 Å². The Morgan fingerprint density at radius 3 is 2.71 bits per heavy atom. The second kappa shape index (κ2) is 5.47. The van der Waals surface area contributed by atoms with Crippen LogP contribution in [0.1, 0.15) is 25.7 Å². The molecule has 3 fully saturated rings. The molecule has 0 saturated carbocycles. The van der Waals surface area contributed by atoms with E-state index in [-0.39, 0.29) is 5.60 Å². The molecule has 0 bridgehead atoms. The van der Waals surface area contributed by atoms with E-state index in [2.05, 4.69) is 22.0 Å². The Labute approximate surface area is 109 Å². The summed E-state index contributed by atoms with van der Waals surface area (Å²) in [6, 6.07) is 0.786. The lowest BCUT2D eigenvalue weighted by atomic mass is 9.84. The van der Waals surface area contributed by atoms with Gasteiger partial charge < -0.3 is 10.1 Å². The van der Waals surface area contributed by atoms with Crippen LogP contribution >= 0.6 is 11.8 Å². The summed E-state index contributed by atoms with van der Waals surface area (Å²) in [7, 11) is 0. The van der Waals surface area contributed by atoms with Gasteiger partial charge in [0.05, 0.1) is 5.60 Å². The van der Waals surface area contributed by atoms with Crippen LogP contribution in [0, 0.1) is 0 Å². The zero-order valence-corrected chi connectivity index (χ0v) is 11.4. The molecule has 98 valence electrons. The van der Waals surface area contributed by atoms with Gasteiger partial charge in [0.1, 0.15) is 0 Å². The number of piperazine rings is 1. The van der Waals surface area contributed by atoms with Crippen LogP contribution in [-0.4, -0.2) is 60.8 Å². The molecule has 3 saturated heterocycles. The van der Waals surface area contributed by atoms with Crippen LogP contribution in [0.2, 0.25) is 0 Å². The molecule has 3 nitrogen and oxygen atoms in total. The first-order valence-electron chi connectivity index (χ1n) is 7.05. The number of nitrogens with one attached hydrogen (secondary N) is 1. The summed E-state index contributed by atoms with van der Waals surface area (Å²) in [6.45, 7) is 5.78. The highest BCUT2D eigenvalue weighted by Crippen LogP contribution is 2.38. The maximum absolute atomic E-state index is 6.17. The Morgan fingerprint density at radius 2 is 1.94 bits per heavy atom. The first-order chi connectivity index (χ1) is 8.38. The number of nitrogens with zero attached hydrogens (tertiary/aromatic N) is 1. The molecule has 17 heavy (non-hydrogen) atoms. The van der Waals surface area contributed by atoms with E-state index in [0.717, 1.165) is 12.6 Å². The largest absolute Gasteiger partial charge is 0.375 e. The van der Waals surface area contributed by atoms with Gasteiger partial charge >= 0.3 is 0 Å². The van der Waals surface area contributed by atoms with Crippen molar-refractivity contribution >= 4 is 11.8 Å². The highest BCUT2D eigenvalue weighted by Gasteiger charge is 2.40. The molecule has 4 heteroatoms. The van der Waals surface area contributed by atoms with E-state index in [9.17, 15) is 0 Å². The smallest absolute Gasteiger partial charge is 0.0713 e. The number of hydrogen-bond donors (Lipinski definition) is 1. The molecule has 3 heterocycles. The van der Waals surface area contributed by atoms with E-state index < -0.39 is 0 Å². The van der Waals surface area contributed by atoms with Crippen LogP contribution in [0.25, 0.3) is 0 Å². The first kappa shape index (κ1) is 12.3. The van der Waals surface area contributed by atoms with Crippen molar-refractivity contribution in [2.45, 2.75) is 37.3 Å². The lowest BCUT2D eigenvalue weighted by Gasteiger charge is -2.47. The maximum atomic E-state index is 6.17. The Bertz CT molecular complexity index is 244. The maximum Gasteiger partial charge on any atom is 0.0713 e. The lowest BCUT2D eigenvalue weighted by molar-refractivity contribution is -0.111. The fraction of sp³-hybridized carbons (Fsp3) is 1.00. The molecule has 1 atom stereocenters. The molecular formula is C13H24N2OS. The Kier molecular flexibility index (Phi) is 3.95. The van der Waals surface area contributed by atoms with Crippen LogP contribution in [0.4, 0.5) is 0 Å². The third kappa shape index (κ3) is 2.80. The summed E-state index contributed by atoms with van der Waals surface area (Å²) in [5.41, 5.74) is 0.249.